The molecular weight excluding hydrogens is 398 g/mol. The van der Waals surface area contributed by atoms with Gasteiger partial charge in [0.05, 0.1) is 11.7 Å². The molecule has 1 saturated heterocycles. The van der Waals surface area contributed by atoms with Crippen LogP contribution in [-0.2, 0) is 11.3 Å². The summed E-state index contributed by atoms with van der Waals surface area (Å²) in [4.78, 5) is 15.3. The topological polar surface area (TPSA) is 66.5 Å². The third kappa shape index (κ3) is 3.25. The lowest BCUT2D eigenvalue weighted by atomic mass is 10.00. The van der Waals surface area contributed by atoms with E-state index < -0.39 is 0 Å². The summed E-state index contributed by atoms with van der Waals surface area (Å²) >= 11 is 0. The Labute approximate surface area is 180 Å². The maximum absolute atomic E-state index is 13.1. The van der Waals surface area contributed by atoms with Crippen LogP contribution < -0.4 is 18.9 Å². The number of carbonyl (C=O) groups excluding carboxylic acids is 1. The molecule has 0 spiro atoms. The van der Waals surface area contributed by atoms with Gasteiger partial charge in [-0.3, -0.25) is 9.69 Å². The van der Waals surface area contributed by atoms with Crippen LogP contribution in [0.3, 0.4) is 0 Å². The third-order valence-corrected chi connectivity index (χ3v) is 6.18. The number of rotatable bonds is 3. The first-order valence-electron chi connectivity index (χ1n) is 10.6. The molecule has 7 nitrogen and oxygen atoms in total. The highest BCUT2D eigenvalue weighted by Crippen LogP contribution is 2.43. The number of fused-ring (bicyclic) bond motifs is 3. The summed E-state index contributed by atoms with van der Waals surface area (Å²) in [5, 5.41) is 0. The Hall–Kier alpha value is -3.03. The number of carbonyl (C=O) groups is 1. The fourth-order valence-electron chi connectivity index (χ4n) is 4.64. The van der Waals surface area contributed by atoms with E-state index in [1.165, 1.54) is 0 Å². The standard InChI is InChI=1S/C24H23NO6/c1-14-23-16(10-25(12-28-23)11-17-3-2-6-27-17)9-18-22(26)21(31-24(14)18)8-15-4-5-19-20(7-15)30-13-29-19/h4-5,7-9,17H,2-3,6,10-13H2,1H3/b21-8-. The van der Waals surface area contributed by atoms with E-state index in [0.29, 0.717) is 35.3 Å². The van der Waals surface area contributed by atoms with Gasteiger partial charge in [0.2, 0.25) is 12.6 Å². The molecule has 0 aromatic heterocycles. The minimum Gasteiger partial charge on any atom is -0.477 e. The highest BCUT2D eigenvalue weighted by molar-refractivity contribution is 6.15. The first-order chi connectivity index (χ1) is 15.2. The van der Waals surface area contributed by atoms with Crippen LogP contribution in [0.5, 0.6) is 23.0 Å². The SMILES string of the molecule is Cc1c2c(cc3c1O/C(=C\c1ccc4c(c1)OCO4)C3=O)CN(CC1CCCO1)CO2. The van der Waals surface area contributed by atoms with Crippen LogP contribution in [0.1, 0.15) is 39.9 Å². The Morgan fingerprint density at radius 3 is 2.90 bits per heavy atom. The molecular formula is C24H23NO6. The van der Waals surface area contributed by atoms with Crippen molar-refractivity contribution in [3.63, 3.8) is 0 Å². The van der Waals surface area contributed by atoms with E-state index in [0.717, 1.165) is 55.0 Å². The van der Waals surface area contributed by atoms with Crippen molar-refractivity contribution in [1.82, 2.24) is 4.90 Å². The van der Waals surface area contributed by atoms with Crippen molar-refractivity contribution in [1.29, 1.82) is 0 Å². The van der Waals surface area contributed by atoms with Gasteiger partial charge in [-0.05, 0) is 49.6 Å². The molecule has 0 saturated carbocycles. The van der Waals surface area contributed by atoms with E-state index in [4.69, 9.17) is 23.7 Å². The first-order valence-corrected chi connectivity index (χ1v) is 10.6. The lowest BCUT2D eigenvalue weighted by molar-refractivity contribution is 0.0276. The molecule has 0 bridgehead atoms. The van der Waals surface area contributed by atoms with Crippen LogP contribution in [0.25, 0.3) is 6.08 Å². The Morgan fingerprint density at radius 1 is 1.13 bits per heavy atom. The maximum atomic E-state index is 13.1. The lowest BCUT2D eigenvalue weighted by Crippen LogP contribution is -2.37. The van der Waals surface area contributed by atoms with Gasteiger partial charge in [-0.2, -0.15) is 0 Å². The highest BCUT2D eigenvalue weighted by atomic mass is 16.7. The zero-order valence-electron chi connectivity index (χ0n) is 17.3. The molecule has 2 aromatic carbocycles. The van der Waals surface area contributed by atoms with E-state index >= 15 is 0 Å². The molecule has 6 rings (SSSR count). The van der Waals surface area contributed by atoms with E-state index in [1.54, 1.807) is 6.08 Å². The minimum absolute atomic E-state index is 0.116. The summed E-state index contributed by atoms with van der Waals surface area (Å²) < 4.78 is 28.6. The fourth-order valence-corrected chi connectivity index (χ4v) is 4.64. The number of Topliss-reactive ketones (excluding diaryl/α,β-unsaturated/α-hetero) is 1. The molecule has 0 N–H and O–H groups in total. The van der Waals surface area contributed by atoms with Crippen LogP contribution in [0.15, 0.2) is 30.0 Å². The molecule has 2 aromatic rings. The van der Waals surface area contributed by atoms with Gasteiger partial charge in [-0.25, -0.2) is 0 Å². The van der Waals surface area contributed by atoms with Gasteiger partial charge in [-0.1, -0.05) is 6.07 Å². The number of benzene rings is 2. The van der Waals surface area contributed by atoms with Crippen molar-refractivity contribution >= 4 is 11.9 Å². The van der Waals surface area contributed by atoms with Gasteiger partial charge in [-0.15, -0.1) is 0 Å². The normalized spacial score (nSPS) is 22.9. The van der Waals surface area contributed by atoms with Crippen LogP contribution in [0.4, 0.5) is 0 Å². The van der Waals surface area contributed by atoms with E-state index in [9.17, 15) is 4.79 Å². The van der Waals surface area contributed by atoms with Crippen molar-refractivity contribution < 1.29 is 28.5 Å². The second kappa shape index (κ2) is 7.28. The molecule has 4 aliphatic heterocycles. The molecule has 4 aliphatic rings. The summed E-state index contributed by atoms with van der Waals surface area (Å²) in [7, 11) is 0. The van der Waals surface area contributed by atoms with Crippen LogP contribution in [0.2, 0.25) is 0 Å². The summed E-state index contributed by atoms with van der Waals surface area (Å²) in [5.74, 6) is 2.97. The predicted octanol–water partition coefficient (Wildman–Crippen LogP) is 3.67. The number of nitrogens with zero attached hydrogens (tertiary/aromatic N) is 1. The number of ether oxygens (including phenoxy) is 5. The third-order valence-electron chi connectivity index (χ3n) is 6.18. The second-order valence-electron chi connectivity index (χ2n) is 8.34. The molecule has 1 unspecified atom stereocenters. The van der Waals surface area contributed by atoms with Gasteiger partial charge in [0.15, 0.2) is 17.3 Å². The molecule has 4 heterocycles. The first kappa shape index (κ1) is 18.7. The largest absolute Gasteiger partial charge is 0.477 e. The van der Waals surface area contributed by atoms with Crippen molar-refractivity contribution in [2.75, 3.05) is 26.7 Å². The summed E-state index contributed by atoms with van der Waals surface area (Å²) in [6.07, 6.45) is 4.22. The molecule has 160 valence electrons. The van der Waals surface area contributed by atoms with Crippen LogP contribution >= 0.6 is 0 Å². The van der Waals surface area contributed by atoms with Gasteiger partial charge in [0, 0.05) is 30.8 Å². The Morgan fingerprint density at radius 2 is 2.03 bits per heavy atom. The van der Waals surface area contributed by atoms with E-state index in [2.05, 4.69) is 4.90 Å². The predicted molar refractivity (Wildman–Crippen MR) is 112 cm³/mol. The molecule has 0 aliphatic carbocycles. The molecule has 7 heteroatoms. The summed E-state index contributed by atoms with van der Waals surface area (Å²) in [6.45, 7) is 5.09. The van der Waals surface area contributed by atoms with Gasteiger partial charge in [0.25, 0.3) is 0 Å². The van der Waals surface area contributed by atoms with Crippen molar-refractivity contribution in [2.45, 2.75) is 32.4 Å². The smallest absolute Gasteiger partial charge is 0.231 e. The maximum Gasteiger partial charge on any atom is 0.231 e. The Kier molecular flexibility index (Phi) is 4.40. The van der Waals surface area contributed by atoms with Gasteiger partial charge in [0.1, 0.15) is 18.2 Å². The summed E-state index contributed by atoms with van der Waals surface area (Å²) in [5.41, 5.74) is 3.29. The number of hydrogen-bond donors (Lipinski definition) is 0. The molecule has 0 radical (unpaired) electrons. The Bertz CT molecular complexity index is 1100. The van der Waals surface area contributed by atoms with E-state index in [1.807, 2.05) is 31.2 Å². The van der Waals surface area contributed by atoms with Crippen molar-refractivity contribution in [3.8, 4) is 23.0 Å². The summed E-state index contributed by atoms with van der Waals surface area (Å²) in [6, 6.07) is 7.48. The number of ketones is 1. The molecule has 1 atom stereocenters. The molecule has 0 amide bonds. The van der Waals surface area contributed by atoms with E-state index in [-0.39, 0.29) is 18.7 Å². The zero-order chi connectivity index (χ0) is 20.9. The quantitative estimate of drug-likeness (QED) is 0.701. The second-order valence-corrected chi connectivity index (χ2v) is 8.34. The number of hydrogen-bond acceptors (Lipinski definition) is 7. The van der Waals surface area contributed by atoms with Crippen molar-refractivity contribution in [2.24, 2.45) is 0 Å². The van der Waals surface area contributed by atoms with Crippen LogP contribution in [-0.4, -0.2) is 43.5 Å². The highest BCUT2D eigenvalue weighted by Gasteiger charge is 2.34. The average molecular weight is 421 g/mol. The fraction of sp³-hybridized carbons (Fsp3) is 0.375. The molecule has 31 heavy (non-hydrogen) atoms. The zero-order valence-corrected chi connectivity index (χ0v) is 17.3. The lowest BCUT2D eigenvalue weighted by Gasteiger charge is -2.31. The number of allylic oxidation sites excluding steroid dienone is 1. The molecule has 1 fully saturated rings. The monoisotopic (exact) mass is 421 g/mol. The van der Waals surface area contributed by atoms with Crippen LogP contribution in [0, 0.1) is 6.92 Å². The minimum atomic E-state index is -0.116. The van der Waals surface area contributed by atoms with Gasteiger partial charge >= 0.3 is 0 Å². The van der Waals surface area contributed by atoms with Crippen molar-refractivity contribution in [3.05, 3.63) is 52.3 Å². The Balaban J connectivity index is 1.27. The van der Waals surface area contributed by atoms with Gasteiger partial charge < -0.3 is 23.7 Å². The average Bonchev–Trinajstić information content (AvgIpc) is 3.51.